The molecule has 52 heavy (non-hydrogen) atoms. The molecule has 0 bridgehead atoms. The number of aliphatic imine (C=N–C) groups is 2. The van der Waals surface area contributed by atoms with Gasteiger partial charge in [0.05, 0.1) is 11.0 Å². The van der Waals surface area contributed by atoms with Gasteiger partial charge < -0.3 is 5.32 Å². The van der Waals surface area contributed by atoms with E-state index in [0.717, 1.165) is 33.9 Å². The fourth-order valence-electron chi connectivity index (χ4n) is 8.36. The number of benzene rings is 7. The Bertz CT molecular complexity index is 2720. The lowest BCUT2D eigenvalue weighted by atomic mass is 9.81. The molecular formula is C48H36N4. The van der Waals surface area contributed by atoms with Crippen LogP contribution in [-0.4, -0.2) is 16.2 Å². The number of aromatic nitrogens is 1. The van der Waals surface area contributed by atoms with Crippen LogP contribution in [0.15, 0.2) is 180 Å². The summed E-state index contributed by atoms with van der Waals surface area (Å²) in [6.07, 6.45) is -0.547. The largest absolute Gasteiger partial charge is 0.324 e. The van der Waals surface area contributed by atoms with Crippen molar-refractivity contribution in [3.63, 3.8) is 0 Å². The molecule has 0 spiro atoms. The molecule has 1 N–H and O–H groups in total. The minimum absolute atomic E-state index is 0.207. The summed E-state index contributed by atoms with van der Waals surface area (Å²) in [6.45, 7) is 4.71. The molecule has 1 aliphatic carbocycles. The molecule has 1 aromatic heterocycles. The summed E-state index contributed by atoms with van der Waals surface area (Å²) in [5.41, 5.74) is 14.1. The molecule has 1 aliphatic heterocycles. The number of nitrogens with zero attached hydrogens (tertiary/aromatic N) is 3. The fraction of sp³-hybridized carbons (Fsp3) is 0.0833. The second kappa shape index (κ2) is 11.8. The first kappa shape index (κ1) is 30.3. The molecule has 248 valence electrons. The standard InChI is InChI=1S/C48H36N4/c1-48(2)41-22-11-9-20-37(41)39-28-29-40-38-21-10-12-23-42(38)52(44(40)43(39)48)47-50-45(34-26-24-33(25-27-34)31-14-5-3-6-15-31)49-46(51-47)36-19-13-18-35(30-36)32-16-7-4-8-17-32/h3-30,47H,1-2H3,(H,49,50,51). The summed E-state index contributed by atoms with van der Waals surface area (Å²) in [5, 5.41) is 6.11. The Kier molecular flexibility index (Phi) is 6.87. The van der Waals surface area contributed by atoms with Gasteiger partial charge in [0.1, 0.15) is 11.7 Å². The van der Waals surface area contributed by atoms with E-state index in [-0.39, 0.29) is 5.41 Å². The summed E-state index contributed by atoms with van der Waals surface area (Å²) in [7, 11) is 0. The molecule has 10 rings (SSSR count). The average molecular weight is 669 g/mol. The number of amidine groups is 2. The van der Waals surface area contributed by atoms with Crippen molar-refractivity contribution in [2.75, 3.05) is 0 Å². The van der Waals surface area contributed by atoms with E-state index in [2.05, 4.69) is 194 Å². The van der Waals surface area contributed by atoms with Crippen LogP contribution in [-0.2, 0) is 5.41 Å². The number of para-hydroxylation sites is 1. The van der Waals surface area contributed by atoms with Crippen LogP contribution in [0.3, 0.4) is 0 Å². The first-order valence-corrected chi connectivity index (χ1v) is 17.9. The van der Waals surface area contributed by atoms with Gasteiger partial charge in [-0.1, -0.05) is 172 Å². The van der Waals surface area contributed by atoms with Gasteiger partial charge in [0, 0.05) is 27.3 Å². The van der Waals surface area contributed by atoms with Crippen molar-refractivity contribution in [2.45, 2.75) is 25.6 Å². The van der Waals surface area contributed by atoms with Gasteiger partial charge in [0.25, 0.3) is 0 Å². The predicted molar refractivity (Wildman–Crippen MR) is 216 cm³/mol. The molecule has 7 aromatic carbocycles. The van der Waals surface area contributed by atoms with Gasteiger partial charge in [-0.25, -0.2) is 9.98 Å². The fourth-order valence-corrected chi connectivity index (χ4v) is 8.36. The van der Waals surface area contributed by atoms with Crippen LogP contribution < -0.4 is 5.32 Å². The predicted octanol–water partition coefficient (Wildman–Crippen LogP) is 11.4. The van der Waals surface area contributed by atoms with Crippen molar-refractivity contribution >= 4 is 33.5 Å². The third-order valence-electron chi connectivity index (χ3n) is 10.9. The molecule has 8 aromatic rings. The first-order chi connectivity index (χ1) is 25.5. The highest BCUT2D eigenvalue weighted by molar-refractivity contribution is 6.17. The summed E-state index contributed by atoms with van der Waals surface area (Å²) in [4.78, 5) is 10.9. The van der Waals surface area contributed by atoms with Gasteiger partial charge >= 0.3 is 0 Å². The van der Waals surface area contributed by atoms with E-state index in [1.54, 1.807) is 0 Å². The Morgan fingerprint density at radius 3 is 1.83 bits per heavy atom. The van der Waals surface area contributed by atoms with Crippen LogP contribution in [0.5, 0.6) is 0 Å². The van der Waals surface area contributed by atoms with E-state index in [9.17, 15) is 0 Å². The molecule has 2 aliphatic rings. The smallest absolute Gasteiger partial charge is 0.224 e. The lowest BCUT2D eigenvalue weighted by Gasteiger charge is -2.27. The summed E-state index contributed by atoms with van der Waals surface area (Å²) in [5.74, 6) is 1.58. The Hall–Kier alpha value is -6.52. The van der Waals surface area contributed by atoms with Crippen LogP contribution in [0.25, 0.3) is 55.2 Å². The Morgan fingerprint density at radius 2 is 1.06 bits per heavy atom. The number of nitrogens with one attached hydrogen (secondary N) is 1. The average Bonchev–Trinajstić information content (AvgIpc) is 3.67. The normalized spacial score (nSPS) is 15.8. The molecular weight excluding hydrogens is 633 g/mol. The van der Waals surface area contributed by atoms with E-state index in [1.165, 1.54) is 55.2 Å². The van der Waals surface area contributed by atoms with Crippen molar-refractivity contribution in [3.05, 3.63) is 192 Å². The Morgan fingerprint density at radius 1 is 0.481 bits per heavy atom. The molecule has 0 saturated carbocycles. The minimum atomic E-state index is -0.547. The van der Waals surface area contributed by atoms with Crippen molar-refractivity contribution in [2.24, 2.45) is 9.98 Å². The summed E-state index contributed by atoms with van der Waals surface area (Å²) >= 11 is 0. The van der Waals surface area contributed by atoms with Gasteiger partial charge in [-0.05, 0) is 56.6 Å². The third kappa shape index (κ3) is 4.75. The highest BCUT2D eigenvalue weighted by Gasteiger charge is 2.39. The zero-order valence-electron chi connectivity index (χ0n) is 29.1. The van der Waals surface area contributed by atoms with Gasteiger partial charge in [0.15, 0.2) is 0 Å². The van der Waals surface area contributed by atoms with E-state index in [1.807, 2.05) is 0 Å². The van der Waals surface area contributed by atoms with Gasteiger partial charge in [0.2, 0.25) is 6.29 Å². The second-order valence-electron chi connectivity index (χ2n) is 14.3. The maximum Gasteiger partial charge on any atom is 0.224 e. The number of fused-ring (bicyclic) bond motifs is 7. The topological polar surface area (TPSA) is 41.7 Å². The van der Waals surface area contributed by atoms with E-state index in [4.69, 9.17) is 9.98 Å². The van der Waals surface area contributed by atoms with E-state index < -0.39 is 6.29 Å². The summed E-state index contributed by atoms with van der Waals surface area (Å²) < 4.78 is 2.39. The molecule has 0 amide bonds. The van der Waals surface area contributed by atoms with Gasteiger partial charge in [-0.3, -0.25) is 4.57 Å². The Balaban J connectivity index is 1.20. The zero-order valence-corrected chi connectivity index (χ0v) is 29.1. The quantitative estimate of drug-likeness (QED) is 0.195. The van der Waals surface area contributed by atoms with Crippen LogP contribution >= 0.6 is 0 Å². The molecule has 4 nitrogen and oxygen atoms in total. The molecule has 4 heteroatoms. The number of hydrogen-bond donors (Lipinski definition) is 1. The summed E-state index contributed by atoms with van der Waals surface area (Å²) in [6, 6.07) is 60.5. The highest BCUT2D eigenvalue weighted by Crippen LogP contribution is 2.53. The minimum Gasteiger partial charge on any atom is -0.324 e. The second-order valence-corrected chi connectivity index (χ2v) is 14.3. The molecule has 2 heterocycles. The number of rotatable bonds is 5. The molecule has 0 saturated heterocycles. The SMILES string of the molecule is CC1(C)c2ccccc2-c2ccc3c4ccccc4n(C4N=C(c5ccc(-c6ccccc6)cc5)NC(c5cccc(-c6ccccc6)c5)=N4)c3c21. The molecule has 0 fully saturated rings. The Labute approximate surface area is 303 Å². The van der Waals surface area contributed by atoms with E-state index in [0.29, 0.717) is 0 Å². The lowest BCUT2D eigenvalue weighted by Crippen LogP contribution is -2.37. The number of hydrogen-bond acceptors (Lipinski definition) is 3. The maximum absolute atomic E-state index is 5.47. The molecule has 0 radical (unpaired) electrons. The van der Waals surface area contributed by atoms with Gasteiger partial charge in [-0.2, -0.15) is 0 Å². The van der Waals surface area contributed by atoms with Crippen LogP contribution in [0.2, 0.25) is 0 Å². The van der Waals surface area contributed by atoms with Gasteiger partial charge in [-0.15, -0.1) is 0 Å². The van der Waals surface area contributed by atoms with Crippen molar-refractivity contribution < 1.29 is 0 Å². The zero-order chi connectivity index (χ0) is 34.8. The van der Waals surface area contributed by atoms with Crippen LogP contribution in [0.4, 0.5) is 0 Å². The van der Waals surface area contributed by atoms with Crippen molar-refractivity contribution in [1.29, 1.82) is 0 Å². The molecule has 1 atom stereocenters. The first-order valence-electron chi connectivity index (χ1n) is 17.9. The molecule has 1 unspecified atom stereocenters. The van der Waals surface area contributed by atoms with Crippen LogP contribution in [0, 0.1) is 0 Å². The van der Waals surface area contributed by atoms with Crippen molar-refractivity contribution in [1.82, 2.24) is 9.88 Å². The third-order valence-corrected chi connectivity index (χ3v) is 10.9. The van der Waals surface area contributed by atoms with Crippen LogP contribution in [0.1, 0.15) is 42.4 Å². The van der Waals surface area contributed by atoms with E-state index >= 15 is 0 Å². The maximum atomic E-state index is 5.47. The van der Waals surface area contributed by atoms with Crippen molar-refractivity contribution in [3.8, 4) is 33.4 Å². The lowest BCUT2D eigenvalue weighted by molar-refractivity contribution is 0.569. The monoisotopic (exact) mass is 668 g/mol. The highest BCUT2D eigenvalue weighted by atomic mass is 15.3.